The van der Waals surface area contributed by atoms with Crippen LogP contribution in [-0.2, 0) is 11.3 Å². The van der Waals surface area contributed by atoms with Crippen LogP contribution >= 0.6 is 0 Å². The molecule has 3 heteroatoms. The number of ether oxygens (including phenoxy) is 1. The summed E-state index contributed by atoms with van der Waals surface area (Å²) in [7, 11) is 0. The van der Waals surface area contributed by atoms with E-state index in [4.69, 9.17) is 10.5 Å². The van der Waals surface area contributed by atoms with E-state index in [1.54, 1.807) is 19.3 Å². The number of nitrogens with two attached hydrogens (primary N) is 1. The Kier molecular flexibility index (Phi) is 3.01. The van der Waals surface area contributed by atoms with E-state index in [-0.39, 0.29) is 6.23 Å². The fraction of sp³-hybridized carbons (Fsp3) is 0.375. The van der Waals surface area contributed by atoms with Crippen molar-refractivity contribution in [1.29, 1.82) is 0 Å². The molecule has 1 heterocycles. The molecule has 0 aliphatic carbocycles. The van der Waals surface area contributed by atoms with Crippen molar-refractivity contribution in [2.75, 3.05) is 0 Å². The van der Waals surface area contributed by atoms with Crippen LogP contribution in [0.15, 0.2) is 24.5 Å². The maximum absolute atomic E-state index is 5.40. The van der Waals surface area contributed by atoms with Gasteiger partial charge in [0.1, 0.15) is 6.23 Å². The molecule has 0 spiro atoms. The molecule has 1 unspecified atom stereocenters. The topological polar surface area (TPSA) is 48.1 Å². The van der Waals surface area contributed by atoms with Gasteiger partial charge in [-0.25, -0.2) is 0 Å². The van der Waals surface area contributed by atoms with Crippen LogP contribution in [0.3, 0.4) is 0 Å². The monoisotopic (exact) mass is 152 g/mol. The van der Waals surface area contributed by atoms with E-state index in [1.807, 2.05) is 12.1 Å². The summed E-state index contributed by atoms with van der Waals surface area (Å²) in [5, 5.41) is 0. The second-order valence-electron chi connectivity index (χ2n) is 2.38. The molecule has 60 valence electrons. The van der Waals surface area contributed by atoms with Gasteiger partial charge < -0.3 is 10.5 Å². The molecule has 0 saturated heterocycles. The molecule has 0 bridgehead atoms. The Bertz CT molecular complexity index is 199. The van der Waals surface area contributed by atoms with Gasteiger partial charge in [-0.15, -0.1) is 0 Å². The Morgan fingerprint density at radius 3 is 3.09 bits per heavy atom. The number of pyridine rings is 1. The fourth-order valence-electron chi connectivity index (χ4n) is 0.711. The van der Waals surface area contributed by atoms with Crippen molar-refractivity contribution < 1.29 is 4.74 Å². The second-order valence-corrected chi connectivity index (χ2v) is 2.38. The standard InChI is InChI=1S/C8H12N2O/c1-7(9)11-6-8-3-2-4-10-5-8/h2-5,7H,6,9H2,1H3. The van der Waals surface area contributed by atoms with Crippen LogP contribution in [0.5, 0.6) is 0 Å². The molecule has 3 nitrogen and oxygen atoms in total. The molecule has 1 atom stereocenters. The van der Waals surface area contributed by atoms with E-state index in [0.29, 0.717) is 6.61 Å². The van der Waals surface area contributed by atoms with Crippen LogP contribution in [0.2, 0.25) is 0 Å². The van der Waals surface area contributed by atoms with Crippen molar-refractivity contribution in [2.45, 2.75) is 19.8 Å². The number of nitrogens with zero attached hydrogens (tertiary/aromatic N) is 1. The van der Waals surface area contributed by atoms with Crippen LogP contribution in [-0.4, -0.2) is 11.2 Å². The van der Waals surface area contributed by atoms with E-state index in [9.17, 15) is 0 Å². The number of aromatic nitrogens is 1. The van der Waals surface area contributed by atoms with Crippen molar-refractivity contribution in [3.8, 4) is 0 Å². The molecular weight excluding hydrogens is 140 g/mol. The van der Waals surface area contributed by atoms with Crippen molar-refractivity contribution in [2.24, 2.45) is 5.73 Å². The third-order valence-corrected chi connectivity index (χ3v) is 1.24. The lowest BCUT2D eigenvalue weighted by Gasteiger charge is -2.05. The zero-order valence-electron chi connectivity index (χ0n) is 6.53. The zero-order valence-corrected chi connectivity index (χ0v) is 6.53. The van der Waals surface area contributed by atoms with Crippen molar-refractivity contribution >= 4 is 0 Å². The highest BCUT2D eigenvalue weighted by molar-refractivity contribution is 5.06. The normalized spacial score (nSPS) is 12.9. The third kappa shape index (κ3) is 3.11. The molecule has 0 amide bonds. The molecule has 0 radical (unpaired) electrons. The summed E-state index contributed by atoms with van der Waals surface area (Å²) in [5.41, 5.74) is 6.44. The summed E-state index contributed by atoms with van der Waals surface area (Å²) in [6.07, 6.45) is 3.28. The summed E-state index contributed by atoms with van der Waals surface area (Å²) in [4.78, 5) is 3.94. The highest BCUT2D eigenvalue weighted by Crippen LogP contribution is 1.98. The van der Waals surface area contributed by atoms with Gasteiger partial charge in [0, 0.05) is 12.4 Å². The quantitative estimate of drug-likeness (QED) is 0.655. The SMILES string of the molecule is CC(N)OCc1cccnc1. The predicted molar refractivity (Wildman–Crippen MR) is 42.7 cm³/mol. The molecule has 11 heavy (non-hydrogen) atoms. The Balaban J connectivity index is 2.39. The summed E-state index contributed by atoms with van der Waals surface area (Å²) >= 11 is 0. The van der Waals surface area contributed by atoms with Crippen molar-refractivity contribution in [1.82, 2.24) is 4.98 Å². The fourth-order valence-corrected chi connectivity index (χ4v) is 0.711. The van der Waals surface area contributed by atoms with E-state index >= 15 is 0 Å². The second kappa shape index (κ2) is 4.05. The summed E-state index contributed by atoms with van der Waals surface area (Å²) < 4.78 is 5.17. The van der Waals surface area contributed by atoms with Crippen molar-refractivity contribution in [3.63, 3.8) is 0 Å². The Labute approximate surface area is 66.2 Å². The van der Waals surface area contributed by atoms with E-state index in [2.05, 4.69) is 4.98 Å². The van der Waals surface area contributed by atoms with E-state index < -0.39 is 0 Å². The lowest BCUT2D eigenvalue weighted by Crippen LogP contribution is -2.18. The first-order valence-corrected chi connectivity index (χ1v) is 3.55. The maximum atomic E-state index is 5.40. The van der Waals surface area contributed by atoms with Gasteiger partial charge in [0.2, 0.25) is 0 Å². The molecule has 1 aromatic heterocycles. The molecule has 1 rings (SSSR count). The predicted octanol–water partition coefficient (Wildman–Crippen LogP) is 0.903. The van der Waals surface area contributed by atoms with Gasteiger partial charge in [0.05, 0.1) is 6.61 Å². The largest absolute Gasteiger partial charge is 0.359 e. The lowest BCUT2D eigenvalue weighted by molar-refractivity contribution is 0.0575. The highest BCUT2D eigenvalue weighted by Gasteiger charge is 1.94. The van der Waals surface area contributed by atoms with Gasteiger partial charge >= 0.3 is 0 Å². The van der Waals surface area contributed by atoms with Crippen LogP contribution in [0, 0.1) is 0 Å². The summed E-state index contributed by atoms with van der Waals surface area (Å²) in [6, 6.07) is 3.83. The average Bonchev–Trinajstić information content (AvgIpc) is 2.03. The molecule has 0 saturated carbocycles. The van der Waals surface area contributed by atoms with Gasteiger partial charge in [-0.2, -0.15) is 0 Å². The Morgan fingerprint density at radius 2 is 2.55 bits per heavy atom. The highest BCUT2D eigenvalue weighted by atomic mass is 16.5. The maximum Gasteiger partial charge on any atom is 0.103 e. The molecular formula is C8H12N2O. The minimum absolute atomic E-state index is 0.213. The minimum Gasteiger partial charge on any atom is -0.359 e. The van der Waals surface area contributed by atoms with Crippen LogP contribution < -0.4 is 5.73 Å². The van der Waals surface area contributed by atoms with Crippen LogP contribution in [0.4, 0.5) is 0 Å². The van der Waals surface area contributed by atoms with Crippen molar-refractivity contribution in [3.05, 3.63) is 30.1 Å². The Hall–Kier alpha value is -0.930. The van der Waals surface area contributed by atoms with Gasteiger partial charge in [-0.3, -0.25) is 4.98 Å². The minimum atomic E-state index is -0.213. The number of hydrogen-bond acceptors (Lipinski definition) is 3. The first-order valence-electron chi connectivity index (χ1n) is 3.55. The molecule has 0 aliphatic rings. The van der Waals surface area contributed by atoms with Gasteiger partial charge in [-0.1, -0.05) is 6.07 Å². The summed E-state index contributed by atoms with van der Waals surface area (Å²) in [5.74, 6) is 0. The third-order valence-electron chi connectivity index (χ3n) is 1.24. The van der Waals surface area contributed by atoms with E-state index in [0.717, 1.165) is 5.56 Å². The molecule has 2 N–H and O–H groups in total. The number of hydrogen-bond donors (Lipinski definition) is 1. The van der Waals surface area contributed by atoms with E-state index in [1.165, 1.54) is 0 Å². The van der Waals surface area contributed by atoms with Crippen LogP contribution in [0.25, 0.3) is 0 Å². The van der Waals surface area contributed by atoms with Gasteiger partial charge in [-0.05, 0) is 18.6 Å². The Morgan fingerprint density at radius 1 is 1.73 bits per heavy atom. The molecule has 0 aromatic carbocycles. The van der Waals surface area contributed by atoms with Gasteiger partial charge in [0.15, 0.2) is 0 Å². The number of rotatable bonds is 3. The lowest BCUT2D eigenvalue weighted by atomic mass is 10.3. The summed E-state index contributed by atoms with van der Waals surface area (Å²) in [6.45, 7) is 2.34. The van der Waals surface area contributed by atoms with Crippen LogP contribution in [0.1, 0.15) is 12.5 Å². The molecule has 1 aromatic rings. The first kappa shape index (κ1) is 8.17. The molecule has 0 aliphatic heterocycles. The molecule has 0 fully saturated rings. The van der Waals surface area contributed by atoms with Gasteiger partial charge in [0.25, 0.3) is 0 Å². The zero-order chi connectivity index (χ0) is 8.10. The first-order chi connectivity index (χ1) is 5.29. The smallest absolute Gasteiger partial charge is 0.103 e. The average molecular weight is 152 g/mol.